The molecule has 0 aliphatic rings. The monoisotopic (exact) mass is 428 g/mol. The molecule has 0 unspecified atom stereocenters. The number of para-hydroxylation sites is 1. The number of nitrogen functional groups attached to an aromatic ring is 1. The first-order chi connectivity index (χ1) is 15.5. The molecule has 0 bridgehead atoms. The topological polar surface area (TPSA) is 142 Å². The lowest BCUT2D eigenvalue weighted by Crippen LogP contribution is -2.23. The van der Waals surface area contributed by atoms with Crippen LogP contribution in [0.5, 0.6) is 5.88 Å². The van der Waals surface area contributed by atoms with Gasteiger partial charge in [0.15, 0.2) is 5.82 Å². The van der Waals surface area contributed by atoms with Crippen LogP contribution >= 0.6 is 0 Å². The molecule has 0 fully saturated rings. The van der Waals surface area contributed by atoms with Crippen LogP contribution < -0.4 is 21.8 Å². The molecule has 10 heteroatoms. The lowest BCUT2D eigenvalue weighted by molar-refractivity contribution is 0.385. The summed E-state index contributed by atoms with van der Waals surface area (Å²) in [4.78, 5) is 35.8. The molecule has 0 aliphatic carbocycles. The Bertz CT molecular complexity index is 1570. The van der Waals surface area contributed by atoms with E-state index in [1.807, 2.05) is 18.2 Å². The number of benzene rings is 2. The van der Waals surface area contributed by atoms with Gasteiger partial charge in [0.25, 0.3) is 5.56 Å². The van der Waals surface area contributed by atoms with Crippen molar-refractivity contribution in [1.82, 2.24) is 24.7 Å². The Morgan fingerprint density at radius 3 is 2.59 bits per heavy atom. The van der Waals surface area contributed by atoms with Gasteiger partial charge in [0, 0.05) is 11.8 Å². The first kappa shape index (κ1) is 19.2. The minimum Gasteiger partial charge on any atom is -0.480 e. The summed E-state index contributed by atoms with van der Waals surface area (Å²) in [5.74, 6) is -0.143. The molecule has 0 aliphatic heterocycles. The summed E-state index contributed by atoms with van der Waals surface area (Å²) in [7, 11) is 1.46. The van der Waals surface area contributed by atoms with Crippen LogP contribution in [0.4, 0.5) is 5.95 Å². The van der Waals surface area contributed by atoms with Crippen molar-refractivity contribution in [3.8, 4) is 34.1 Å². The van der Waals surface area contributed by atoms with Crippen LogP contribution in [0.15, 0.2) is 74.9 Å². The predicted octanol–water partition coefficient (Wildman–Crippen LogP) is 2.38. The summed E-state index contributed by atoms with van der Waals surface area (Å²) in [5, 5.41) is 4.10. The average Bonchev–Trinajstić information content (AvgIpc) is 3.25. The number of methoxy groups -OCH3 is 1. The number of nitrogens with zero attached hydrogens (tertiary/aromatic N) is 4. The first-order valence-corrected chi connectivity index (χ1v) is 9.53. The molecule has 0 saturated heterocycles. The maximum atomic E-state index is 13.3. The molecule has 0 amide bonds. The Labute approximate surface area is 179 Å². The molecule has 5 rings (SSSR count). The fourth-order valence-electron chi connectivity index (χ4n) is 3.50. The zero-order valence-corrected chi connectivity index (χ0v) is 16.8. The number of hydrogen-bond donors (Lipinski definition) is 2. The molecular weight excluding hydrogens is 412 g/mol. The predicted molar refractivity (Wildman–Crippen MR) is 118 cm³/mol. The standard InChI is InChI=1S/C22H16N6O4/c1-31-19-16(18-26-22(30)32-27-18)10-13(11-24-19)12-7-8-17-15(9-12)20(29)28(21(23)25-17)14-5-3-2-4-6-14/h2-11H,1H3,(H2,23,25)(H,26,27,30). The summed E-state index contributed by atoms with van der Waals surface area (Å²) >= 11 is 0. The van der Waals surface area contributed by atoms with Gasteiger partial charge in [0.2, 0.25) is 11.8 Å². The second-order valence-electron chi connectivity index (χ2n) is 6.90. The molecule has 3 N–H and O–H groups in total. The lowest BCUT2D eigenvalue weighted by Gasteiger charge is -2.11. The van der Waals surface area contributed by atoms with Crippen LogP contribution in [-0.4, -0.2) is 31.8 Å². The van der Waals surface area contributed by atoms with Gasteiger partial charge in [0.1, 0.15) is 0 Å². The van der Waals surface area contributed by atoms with E-state index in [-0.39, 0.29) is 23.2 Å². The number of pyridine rings is 1. The third-order valence-corrected chi connectivity index (χ3v) is 4.98. The molecule has 32 heavy (non-hydrogen) atoms. The third-order valence-electron chi connectivity index (χ3n) is 4.98. The second kappa shape index (κ2) is 7.51. The number of fused-ring (bicyclic) bond motifs is 1. The van der Waals surface area contributed by atoms with Crippen LogP contribution in [-0.2, 0) is 0 Å². The number of nitrogens with two attached hydrogens (primary N) is 1. The Kier molecular flexibility index (Phi) is 4.52. The number of anilines is 1. The number of hydrogen-bond acceptors (Lipinski definition) is 8. The third kappa shape index (κ3) is 3.19. The maximum Gasteiger partial charge on any atom is 0.439 e. The molecule has 158 valence electrons. The molecule has 0 atom stereocenters. The van der Waals surface area contributed by atoms with Gasteiger partial charge in [-0.15, -0.1) is 0 Å². The number of H-pyrrole nitrogens is 1. The van der Waals surface area contributed by atoms with Crippen molar-refractivity contribution < 1.29 is 9.26 Å². The zero-order valence-electron chi connectivity index (χ0n) is 16.8. The van der Waals surface area contributed by atoms with Gasteiger partial charge >= 0.3 is 5.76 Å². The minimum absolute atomic E-state index is 0.102. The quantitative estimate of drug-likeness (QED) is 0.444. The van der Waals surface area contributed by atoms with Crippen LogP contribution in [0.1, 0.15) is 0 Å². The van der Waals surface area contributed by atoms with E-state index in [1.165, 1.54) is 11.7 Å². The van der Waals surface area contributed by atoms with E-state index in [4.69, 9.17) is 10.5 Å². The summed E-state index contributed by atoms with van der Waals surface area (Å²) in [6, 6.07) is 16.1. The smallest absolute Gasteiger partial charge is 0.439 e. The molecule has 0 saturated carbocycles. The van der Waals surface area contributed by atoms with Gasteiger partial charge in [-0.2, -0.15) is 0 Å². The number of rotatable bonds is 4. The second-order valence-corrected chi connectivity index (χ2v) is 6.90. The summed E-state index contributed by atoms with van der Waals surface area (Å²) in [6.45, 7) is 0. The highest BCUT2D eigenvalue weighted by molar-refractivity contribution is 5.85. The van der Waals surface area contributed by atoms with Crippen LogP contribution in [0.25, 0.3) is 39.1 Å². The largest absolute Gasteiger partial charge is 0.480 e. The highest BCUT2D eigenvalue weighted by Crippen LogP contribution is 2.31. The molecule has 10 nitrogen and oxygen atoms in total. The van der Waals surface area contributed by atoms with E-state index in [0.29, 0.717) is 33.3 Å². The van der Waals surface area contributed by atoms with Gasteiger partial charge in [-0.3, -0.25) is 14.3 Å². The van der Waals surface area contributed by atoms with E-state index in [0.717, 1.165) is 0 Å². The molecule has 0 spiro atoms. The van der Waals surface area contributed by atoms with Crippen molar-refractivity contribution >= 4 is 16.9 Å². The summed E-state index contributed by atoms with van der Waals surface area (Å²) in [6.07, 6.45) is 1.60. The molecule has 5 aromatic rings. The van der Waals surface area contributed by atoms with Gasteiger partial charge < -0.3 is 10.5 Å². The van der Waals surface area contributed by atoms with Gasteiger partial charge in [0.05, 0.1) is 29.3 Å². The van der Waals surface area contributed by atoms with Gasteiger partial charge in [-0.1, -0.05) is 29.4 Å². The Balaban J connectivity index is 1.69. The number of ether oxygens (including phenoxy) is 1. The molecule has 0 radical (unpaired) electrons. The van der Waals surface area contributed by atoms with Gasteiger partial charge in [-0.05, 0) is 35.9 Å². The van der Waals surface area contributed by atoms with Crippen molar-refractivity contribution in [3.63, 3.8) is 0 Å². The SMILES string of the molecule is COc1ncc(-c2ccc3nc(N)n(-c4ccccc4)c(=O)c3c2)cc1-c1noc(=O)[nH]1. The first-order valence-electron chi connectivity index (χ1n) is 9.53. The normalized spacial score (nSPS) is 11.0. The molecular formula is C22H16N6O4. The fraction of sp³-hybridized carbons (Fsp3) is 0.0455. The van der Waals surface area contributed by atoms with Crippen molar-refractivity contribution in [2.75, 3.05) is 12.8 Å². The Hall–Kier alpha value is -4.73. The van der Waals surface area contributed by atoms with Gasteiger partial charge in [-0.25, -0.2) is 19.3 Å². The average molecular weight is 428 g/mol. The fourth-order valence-corrected chi connectivity index (χ4v) is 3.50. The molecule has 3 heterocycles. The van der Waals surface area contributed by atoms with E-state index < -0.39 is 5.76 Å². The maximum absolute atomic E-state index is 13.3. The number of aromatic amines is 1. The van der Waals surface area contributed by atoms with Crippen molar-refractivity contribution in [1.29, 1.82) is 0 Å². The van der Waals surface area contributed by atoms with E-state index >= 15 is 0 Å². The van der Waals surface area contributed by atoms with Crippen molar-refractivity contribution in [2.24, 2.45) is 0 Å². The van der Waals surface area contributed by atoms with E-state index in [1.54, 1.807) is 42.6 Å². The minimum atomic E-state index is -0.691. The van der Waals surface area contributed by atoms with Crippen LogP contribution in [0.3, 0.4) is 0 Å². The highest BCUT2D eigenvalue weighted by atomic mass is 16.5. The summed E-state index contributed by atoms with van der Waals surface area (Å²) in [5.41, 5.74) is 8.71. The van der Waals surface area contributed by atoms with E-state index in [2.05, 4.69) is 24.6 Å². The Morgan fingerprint density at radius 2 is 1.88 bits per heavy atom. The van der Waals surface area contributed by atoms with E-state index in [9.17, 15) is 9.59 Å². The Morgan fingerprint density at radius 1 is 1.06 bits per heavy atom. The van der Waals surface area contributed by atoms with Crippen molar-refractivity contribution in [2.45, 2.75) is 0 Å². The van der Waals surface area contributed by atoms with Crippen molar-refractivity contribution in [3.05, 3.63) is 81.7 Å². The lowest BCUT2D eigenvalue weighted by atomic mass is 10.0. The molecule has 2 aromatic carbocycles. The highest BCUT2D eigenvalue weighted by Gasteiger charge is 2.16. The zero-order chi connectivity index (χ0) is 22.2. The number of aromatic nitrogens is 5. The van der Waals surface area contributed by atoms with Crippen LogP contribution in [0.2, 0.25) is 0 Å². The molecule has 3 aromatic heterocycles. The summed E-state index contributed by atoms with van der Waals surface area (Å²) < 4.78 is 11.2. The van der Waals surface area contributed by atoms with Crippen LogP contribution in [0, 0.1) is 0 Å². The number of nitrogens with one attached hydrogen (secondary N) is 1.